The molecule has 41 heavy (non-hydrogen) atoms. The van der Waals surface area contributed by atoms with Gasteiger partial charge < -0.3 is 15.0 Å². The van der Waals surface area contributed by atoms with E-state index < -0.39 is 21.6 Å². The number of anilines is 2. The van der Waals surface area contributed by atoms with E-state index in [1.54, 1.807) is 18.2 Å². The van der Waals surface area contributed by atoms with Crippen LogP contribution in [0.4, 0.5) is 24.8 Å². The van der Waals surface area contributed by atoms with Gasteiger partial charge in [0.05, 0.1) is 22.0 Å². The summed E-state index contributed by atoms with van der Waals surface area (Å²) in [4.78, 5) is 11.0. The summed E-state index contributed by atoms with van der Waals surface area (Å²) in [5, 5.41) is 3.40. The van der Waals surface area contributed by atoms with Crippen molar-refractivity contribution >= 4 is 21.7 Å². The zero-order chi connectivity index (χ0) is 29.0. The molecule has 2 N–H and O–H groups in total. The Morgan fingerprint density at radius 2 is 1.80 bits per heavy atom. The van der Waals surface area contributed by atoms with Crippen molar-refractivity contribution in [2.45, 2.75) is 62.7 Å². The highest BCUT2D eigenvalue weighted by atomic mass is 32.2. The molecule has 8 nitrogen and oxygen atoms in total. The topological polar surface area (TPSA) is 96.5 Å². The van der Waals surface area contributed by atoms with E-state index in [0.717, 1.165) is 16.7 Å². The second kappa shape index (κ2) is 10.2. The third kappa shape index (κ3) is 5.59. The molecule has 1 aromatic heterocycles. The van der Waals surface area contributed by atoms with Crippen LogP contribution in [0.3, 0.4) is 0 Å². The summed E-state index contributed by atoms with van der Waals surface area (Å²) in [5.41, 5.74) is 2.34. The molecule has 1 saturated heterocycles. The second-order valence-electron chi connectivity index (χ2n) is 11.3. The normalized spacial score (nSPS) is 23.0. The minimum atomic E-state index is -4.18. The number of halogens is 3. The third-order valence-electron chi connectivity index (χ3n) is 8.43. The van der Waals surface area contributed by atoms with E-state index >= 15 is 0 Å². The summed E-state index contributed by atoms with van der Waals surface area (Å²) < 4.78 is 76.2. The van der Waals surface area contributed by atoms with Crippen molar-refractivity contribution in [1.82, 2.24) is 14.9 Å². The Kier molecular flexibility index (Phi) is 6.88. The fraction of sp³-hybridized carbons (Fsp3) is 0.448. The molecule has 3 heterocycles. The smallest absolute Gasteiger partial charge is 0.394 e. The maximum absolute atomic E-state index is 13.5. The molecule has 2 aliphatic heterocycles. The number of hydrogen-bond donors (Lipinski definition) is 2. The summed E-state index contributed by atoms with van der Waals surface area (Å²) in [6.07, 6.45) is -3.55. The zero-order valence-corrected chi connectivity index (χ0v) is 23.6. The maximum Gasteiger partial charge on any atom is 0.394 e. The van der Waals surface area contributed by atoms with Gasteiger partial charge in [-0.15, -0.1) is 0 Å². The molecule has 2 fully saturated rings. The van der Waals surface area contributed by atoms with Crippen LogP contribution in [0.2, 0.25) is 0 Å². The molecule has 2 atom stereocenters. The van der Waals surface area contributed by atoms with Gasteiger partial charge in [0.2, 0.25) is 11.8 Å². The molecule has 0 unspecified atom stereocenters. The van der Waals surface area contributed by atoms with Gasteiger partial charge in [-0.25, -0.2) is 18.1 Å². The highest BCUT2D eigenvalue weighted by Gasteiger charge is 2.62. The number of hydrogen-bond acceptors (Lipinski definition) is 7. The van der Waals surface area contributed by atoms with Crippen molar-refractivity contribution in [3.63, 3.8) is 0 Å². The number of rotatable bonds is 4. The molecule has 218 valence electrons. The number of benzene rings is 2. The Hall–Kier alpha value is -3.38. The first kappa shape index (κ1) is 27.8. The van der Waals surface area contributed by atoms with Crippen molar-refractivity contribution in [2.75, 3.05) is 29.7 Å². The van der Waals surface area contributed by atoms with Crippen molar-refractivity contribution in [2.24, 2.45) is 5.41 Å². The monoisotopic (exact) mass is 587 g/mol. The predicted octanol–water partition coefficient (Wildman–Crippen LogP) is 5.54. The number of likely N-dealkylation sites (tertiary alicyclic amines) is 1. The molecule has 3 aliphatic rings. The van der Waals surface area contributed by atoms with E-state index in [-0.39, 0.29) is 48.1 Å². The SMILES string of the molecule is Cc1cccc(C)c1-c1cc2nc(n1)NS(=O)(=O)c1cccc(c1)N[C@@H]1CN(CCC3(C(F)(F)F)CC3)CC[C@H]1O2. The number of ether oxygens (including phenoxy) is 1. The molecule has 1 saturated carbocycles. The van der Waals surface area contributed by atoms with Crippen LogP contribution in [0.5, 0.6) is 5.88 Å². The number of aryl methyl sites for hydroxylation is 2. The maximum atomic E-state index is 13.5. The van der Waals surface area contributed by atoms with E-state index in [9.17, 15) is 21.6 Å². The van der Waals surface area contributed by atoms with Crippen LogP contribution in [0.25, 0.3) is 11.3 Å². The Labute approximate surface area is 237 Å². The second-order valence-corrected chi connectivity index (χ2v) is 13.0. The van der Waals surface area contributed by atoms with Crippen LogP contribution >= 0.6 is 0 Å². The van der Waals surface area contributed by atoms with Gasteiger partial charge in [-0.1, -0.05) is 24.3 Å². The summed E-state index contributed by atoms with van der Waals surface area (Å²) >= 11 is 0. The number of piperidine rings is 1. The highest BCUT2D eigenvalue weighted by molar-refractivity contribution is 7.92. The van der Waals surface area contributed by atoms with Crippen LogP contribution in [-0.4, -0.2) is 61.2 Å². The number of aromatic nitrogens is 2. The molecule has 0 radical (unpaired) electrons. The van der Waals surface area contributed by atoms with E-state index in [1.807, 2.05) is 36.9 Å². The van der Waals surface area contributed by atoms with E-state index in [0.29, 0.717) is 37.4 Å². The Morgan fingerprint density at radius 3 is 2.51 bits per heavy atom. The number of nitrogens with one attached hydrogen (secondary N) is 2. The van der Waals surface area contributed by atoms with Gasteiger partial charge in [0.25, 0.3) is 10.0 Å². The van der Waals surface area contributed by atoms with Crippen molar-refractivity contribution in [3.8, 4) is 17.1 Å². The lowest BCUT2D eigenvalue weighted by Gasteiger charge is -2.39. The molecular formula is C29H32F3N5O3S. The van der Waals surface area contributed by atoms with Crippen molar-refractivity contribution in [3.05, 3.63) is 59.7 Å². The van der Waals surface area contributed by atoms with Crippen molar-refractivity contribution in [1.29, 1.82) is 0 Å². The lowest BCUT2D eigenvalue weighted by atomic mass is 9.98. The molecule has 0 amide bonds. The fourth-order valence-corrected chi connectivity index (χ4v) is 6.85. The Morgan fingerprint density at radius 1 is 1.07 bits per heavy atom. The molecule has 6 rings (SSSR count). The van der Waals surface area contributed by atoms with Crippen LogP contribution in [0.15, 0.2) is 53.4 Å². The van der Waals surface area contributed by atoms with E-state index in [2.05, 4.69) is 20.0 Å². The van der Waals surface area contributed by atoms with Crippen molar-refractivity contribution < 1.29 is 26.3 Å². The summed E-state index contributed by atoms with van der Waals surface area (Å²) in [5.74, 6) is 0.119. The summed E-state index contributed by atoms with van der Waals surface area (Å²) in [6.45, 7) is 5.26. The van der Waals surface area contributed by atoms with Gasteiger partial charge in [0.15, 0.2) is 0 Å². The number of alkyl halides is 3. The average molecular weight is 588 g/mol. The summed E-state index contributed by atoms with van der Waals surface area (Å²) in [7, 11) is -4.03. The lowest BCUT2D eigenvalue weighted by Crippen LogP contribution is -2.53. The molecular weight excluding hydrogens is 555 g/mol. The van der Waals surface area contributed by atoms with E-state index in [4.69, 9.17) is 4.74 Å². The predicted molar refractivity (Wildman–Crippen MR) is 149 cm³/mol. The number of fused-ring (bicyclic) bond motifs is 5. The first-order chi connectivity index (χ1) is 19.4. The van der Waals surface area contributed by atoms with Gasteiger partial charge >= 0.3 is 6.18 Å². The molecule has 12 heteroatoms. The first-order valence-corrected chi connectivity index (χ1v) is 15.2. The average Bonchev–Trinajstić information content (AvgIpc) is 3.70. The van der Waals surface area contributed by atoms with Crippen LogP contribution in [0, 0.1) is 19.3 Å². The van der Waals surface area contributed by atoms with Gasteiger partial charge in [0, 0.05) is 30.4 Å². The minimum absolute atomic E-state index is 0.0386. The minimum Gasteiger partial charge on any atom is -0.472 e. The van der Waals surface area contributed by atoms with Gasteiger partial charge in [0.1, 0.15) is 6.10 Å². The van der Waals surface area contributed by atoms with Gasteiger partial charge in [-0.3, -0.25) is 0 Å². The number of nitrogens with zero attached hydrogens (tertiary/aromatic N) is 3. The molecule has 1 aliphatic carbocycles. The van der Waals surface area contributed by atoms with Gasteiger partial charge in [-0.2, -0.15) is 18.2 Å². The highest BCUT2D eigenvalue weighted by Crippen LogP contribution is 2.60. The van der Waals surface area contributed by atoms with E-state index in [1.165, 1.54) is 12.1 Å². The third-order valence-corrected chi connectivity index (χ3v) is 9.75. The first-order valence-electron chi connectivity index (χ1n) is 13.7. The molecule has 3 aromatic rings. The van der Waals surface area contributed by atoms with Gasteiger partial charge in [-0.05, 0) is 75.4 Å². The van der Waals surface area contributed by atoms with Crippen LogP contribution in [0.1, 0.15) is 36.8 Å². The van der Waals surface area contributed by atoms with Crippen LogP contribution in [-0.2, 0) is 10.0 Å². The Balaban J connectivity index is 1.35. The Bertz CT molecular complexity index is 1560. The lowest BCUT2D eigenvalue weighted by molar-refractivity contribution is -0.190. The molecule has 4 bridgehead atoms. The van der Waals surface area contributed by atoms with Crippen LogP contribution < -0.4 is 14.8 Å². The standard InChI is InChI=1S/C29H32F3N5O3S/c1-18-5-3-6-19(2)26(18)22-16-25-35-27(34-22)36-41(38,39)21-8-4-7-20(15-21)33-23-17-37(13-9-24(23)40-25)14-12-28(10-11-28)29(30,31)32/h3-8,15-16,23-24,33H,9-14,17H2,1-2H3,(H,34,35,36)/t23-,24-/m1/s1. The summed E-state index contributed by atoms with van der Waals surface area (Å²) in [6, 6.07) is 13.7. The molecule has 2 aromatic carbocycles. The molecule has 0 spiro atoms. The zero-order valence-electron chi connectivity index (χ0n) is 22.8. The fourth-order valence-electron chi connectivity index (χ4n) is 5.86. The number of sulfonamides is 1. The quantitative estimate of drug-likeness (QED) is 0.414. The largest absolute Gasteiger partial charge is 0.472 e.